The Morgan fingerprint density at radius 3 is 2.68 bits per heavy atom. The van der Waals surface area contributed by atoms with Crippen LogP contribution in [0.2, 0.25) is 0 Å². The molecule has 0 saturated carbocycles. The first-order valence-corrected chi connectivity index (χ1v) is 9.99. The Morgan fingerprint density at radius 2 is 2.04 bits per heavy atom. The average molecular weight is 398 g/mol. The van der Waals surface area contributed by atoms with Gasteiger partial charge in [0.1, 0.15) is 5.75 Å². The minimum absolute atomic E-state index is 0.0677. The maximum Gasteiger partial charge on any atom is 0.387 e. The topological polar surface area (TPSA) is 69.1 Å². The normalized spacial score (nSPS) is 19.1. The van der Waals surface area contributed by atoms with E-state index in [2.05, 4.69) is 32.2 Å². The van der Waals surface area contributed by atoms with Crippen LogP contribution in [0.15, 0.2) is 29.3 Å². The zero-order valence-corrected chi connectivity index (χ0v) is 16.7. The molecular weight excluding hydrogens is 366 g/mol. The summed E-state index contributed by atoms with van der Waals surface area (Å²) in [6, 6.07) is 5.97. The fourth-order valence-corrected chi connectivity index (χ4v) is 3.34. The number of aliphatic hydroxyl groups is 1. The summed E-state index contributed by atoms with van der Waals surface area (Å²) in [5.74, 6) is 1.34. The summed E-state index contributed by atoms with van der Waals surface area (Å²) < 4.78 is 28.7. The van der Waals surface area contributed by atoms with Crippen LogP contribution in [0.5, 0.6) is 5.75 Å². The summed E-state index contributed by atoms with van der Waals surface area (Å²) in [5.41, 5.74) is 0.604. The highest BCUT2D eigenvalue weighted by Crippen LogP contribution is 2.19. The van der Waals surface area contributed by atoms with Gasteiger partial charge in [0.15, 0.2) is 5.96 Å². The first-order chi connectivity index (χ1) is 13.5. The molecule has 1 fully saturated rings. The van der Waals surface area contributed by atoms with E-state index < -0.39 is 12.7 Å². The number of aliphatic imine (C=N–C) groups is 1. The van der Waals surface area contributed by atoms with E-state index in [1.807, 2.05) is 6.92 Å². The Balaban J connectivity index is 1.83. The maximum atomic E-state index is 12.2. The van der Waals surface area contributed by atoms with Crippen molar-refractivity contribution < 1.29 is 18.6 Å². The molecule has 1 saturated heterocycles. The van der Waals surface area contributed by atoms with Gasteiger partial charge in [-0.05, 0) is 56.5 Å². The molecule has 8 heteroatoms. The highest BCUT2D eigenvalue weighted by molar-refractivity contribution is 5.79. The molecule has 2 atom stereocenters. The molecule has 3 N–H and O–H groups in total. The third-order valence-electron chi connectivity index (χ3n) is 4.72. The number of hydrogen-bond donors (Lipinski definition) is 3. The predicted molar refractivity (Wildman–Crippen MR) is 107 cm³/mol. The molecule has 1 aromatic carbocycles. The molecule has 1 aromatic rings. The molecule has 2 rings (SSSR count). The van der Waals surface area contributed by atoms with Crippen LogP contribution < -0.4 is 15.4 Å². The smallest absolute Gasteiger partial charge is 0.387 e. The Morgan fingerprint density at radius 1 is 1.29 bits per heavy atom. The van der Waals surface area contributed by atoms with Gasteiger partial charge >= 0.3 is 6.61 Å². The first kappa shape index (κ1) is 22.4. The van der Waals surface area contributed by atoms with Gasteiger partial charge in [-0.25, -0.2) is 0 Å². The number of benzene rings is 1. The molecule has 1 heterocycles. The van der Waals surface area contributed by atoms with Crippen LogP contribution in [0.4, 0.5) is 8.78 Å². The van der Waals surface area contributed by atoms with Crippen LogP contribution in [0.3, 0.4) is 0 Å². The summed E-state index contributed by atoms with van der Waals surface area (Å²) in [5, 5.41) is 16.9. The summed E-state index contributed by atoms with van der Waals surface area (Å²) in [4.78, 5) is 6.94. The number of guanidine groups is 1. The van der Waals surface area contributed by atoms with Crippen LogP contribution in [0.1, 0.15) is 38.4 Å². The molecule has 0 aliphatic carbocycles. The largest absolute Gasteiger partial charge is 0.435 e. The molecule has 6 nitrogen and oxygen atoms in total. The minimum Gasteiger partial charge on any atom is -0.435 e. The van der Waals surface area contributed by atoms with Crippen molar-refractivity contribution in [3.8, 4) is 5.75 Å². The molecule has 2 unspecified atom stereocenters. The van der Waals surface area contributed by atoms with Gasteiger partial charge in [0.05, 0.1) is 12.6 Å². The molecule has 0 bridgehead atoms. The molecule has 0 radical (unpaired) electrons. The Bertz CT molecular complexity index is 598. The molecule has 28 heavy (non-hydrogen) atoms. The molecule has 1 aliphatic heterocycles. The highest BCUT2D eigenvalue weighted by Gasteiger charge is 2.21. The van der Waals surface area contributed by atoms with E-state index >= 15 is 0 Å². The second-order valence-corrected chi connectivity index (χ2v) is 7.02. The van der Waals surface area contributed by atoms with Crippen molar-refractivity contribution in [1.29, 1.82) is 0 Å². The van der Waals surface area contributed by atoms with Crippen LogP contribution in [0.25, 0.3) is 0 Å². The van der Waals surface area contributed by atoms with E-state index in [-0.39, 0.29) is 12.3 Å². The maximum absolute atomic E-state index is 12.2. The first-order valence-electron chi connectivity index (χ1n) is 9.99. The lowest BCUT2D eigenvalue weighted by Gasteiger charge is -2.17. The van der Waals surface area contributed by atoms with Crippen LogP contribution in [-0.4, -0.2) is 61.8 Å². The number of nitrogens with zero attached hydrogens (tertiary/aromatic N) is 2. The minimum atomic E-state index is -2.86. The third-order valence-corrected chi connectivity index (χ3v) is 4.72. The molecular formula is C20H32F2N4O2. The quantitative estimate of drug-likeness (QED) is 0.418. The fraction of sp³-hybridized carbons (Fsp3) is 0.650. The van der Waals surface area contributed by atoms with Crippen molar-refractivity contribution >= 4 is 5.96 Å². The number of nitrogens with one attached hydrogen (secondary N) is 2. The number of aliphatic hydroxyl groups excluding tert-OH is 1. The number of likely N-dealkylation sites (tertiary alicyclic amines) is 1. The predicted octanol–water partition coefficient (Wildman–Crippen LogP) is 2.61. The van der Waals surface area contributed by atoms with Gasteiger partial charge in [-0.1, -0.05) is 19.1 Å². The van der Waals surface area contributed by atoms with Crippen molar-refractivity contribution in [2.24, 2.45) is 10.9 Å². The number of hydrogen-bond acceptors (Lipinski definition) is 4. The molecule has 1 aliphatic rings. The number of halogens is 2. The number of rotatable bonds is 10. The lowest BCUT2D eigenvalue weighted by molar-refractivity contribution is -0.0498. The summed E-state index contributed by atoms with van der Waals surface area (Å²) >= 11 is 0. The zero-order chi connectivity index (χ0) is 20.4. The molecule has 0 amide bonds. The van der Waals surface area contributed by atoms with Crippen molar-refractivity contribution in [2.45, 2.75) is 39.4 Å². The molecule has 0 aromatic heterocycles. The van der Waals surface area contributed by atoms with Crippen molar-refractivity contribution in [3.63, 3.8) is 0 Å². The molecule has 158 valence electrons. The summed E-state index contributed by atoms with van der Waals surface area (Å²) in [6.07, 6.45) is 1.54. The lowest BCUT2D eigenvalue weighted by atomic mass is 10.1. The second-order valence-electron chi connectivity index (χ2n) is 7.02. The van der Waals surface area contributed by atoms with Gasteiger partial charge < -0.3 is 25.4 Å². The fourth-order valence-electron chi connectivity index (χ4n) is 3.34. The highest BCUT2D eigenvalue weighted by atomic mass is 19.3. The number of ether oxygens (including phenoxy) is 1. The van der Waals surface area contributed by atoms with Crippen LogP contribution in [-0.2, 0) is 0 Å². The van der Waals surface area contributed by atoms with Gasteiger partial charge in [-0.15, -0.1) is 0 Å². The standard InChI is InChI=1S/C20H32F2N4O2/c1-3-10-26-11-9-15(14-26)12-24-20(23-4-2)25-13-18(27)16-5-7-17(8-6-16)28-19(21)22/h5-8,15,18-19,27H,3-4,9-14H2,1-2H3,(H2,23,24,25). The van der Waals surface area contributed by atoms with Gasteiger partial charge in [0.25, 0.3) is 0 Å². The Kier molecular flexibility index (Phi) is 9.43. The van der Waals surface area contributed by atoms with Gasteiger partial charge in [-0.3, -0.25) is 4.99 Å². The summed E-state index contributed by atoms with van der Waals surface area (Å²) in [6.45, 7) is 6.50. The van der Waals surface area contributed by atoms with Gasteiger partial charge in [-0.2, -0.15) is 8.78 Å². The SMILES string of the molecule is CCCN1CCC(CNC(=NCC(O)c2ccc(OC(F)F)cc2)NCC)C1. The number of alkyl halides is 2. The van der Waals surface area contributed by atoms with Gasteiger partial charge in [0.2, 0.25) is 0 Å². The Hall–Kier alpha value is -1.93. The van der Waals surface area contributed by atoms with Crippen molar-refractivity contribution in [3.05, 3.63) is 29.8 Å². The van der Waals surface area contributed by atoms with E-state index in [1.165, 1.54) is 25.0 Å². The van der Waals surface area contributed by atoms with Crippen molar-refractivity contribution in [2.75, 3.05) is 39.3 Å². The monoisotopic (exact) mass is 398 g/mol. The Labute approximate surface area is 166 Å². The third kappa shape index (κ3) is 7.59. The second kappa shape index (κ2) is 11.8. The van der Waals surface area contributed by atoms with E-state index in [4.69, 9.17) is 0 Å². The van der Waals surface area contributed by atoms with E-state index in [9.17, 15) is 13.9 Å². The van der Waals surface area contributed by atoms with Gasteiger partial charge in [0, 0.05) is 19.6 Å². The van der Waals surface area contributed by atoms with Crippen LogP contribution >= 0.6 is 0 Å². The average Bonchev–Trinajstić information content (AvgIpc) is 3.11. The van der Waals surface area contributed by atoms with E-state index in [0.29, 0.717) is 17.4 Å². The molecule has 0 spiro atoms. The summed E-state index contributed by atoms with van der Waals surface area (Å²) in [7, 11) is 0. The lowest BCUT2D eigenvalue weighted by Crippen LogP contribution is -2.40. The zero-order valence-electron chi connectivity index (χ0n) is 16.7. The van der Waals surface area contributed by atoms with Crippen molar-refractivity contribution in [1.82, 2.24) is 15.5 Å². The van der Waals surface area contributed by atoms with E-state index in [0.717, 1.165) is 32.7 Å². The van der Waals surface area contributed by atoms with Crippen LogP contribution in [0, 0.1) is 5.92 Å². The van der Waals surface area contributed by atoms with E-state index in [1.54, 1.807) is 12.1 Å².